The topological polar surface area (TPSA) is 29.3 Å². The highest BCUT2D eigenvalue weighted by Gasteiger charge is 2.41. The highest BCUT2D eigenvalue weighted by atomic mass is 32.1. The van der Waals surface area contributed by atoms with Crippen molar-refractivity contribution in [1.82, 2.24) is 4.90 Å². The predicted molar refractivity (Wildman–Crippen MR) is 74.9 cm³/mol. The molecule has 2 bridgehead atoms. The number of hydrogen-bond acceptors (Lipinski definition) is 2. The van der Waals surface area contributed by atoms with E-state index >= 15 is 0 Å². The van der Waals surface area contributed by atoms with Gasteiger partial charge in [-0.25, -0.2) is 0 Å². The molecule has 0 aromatic heterocycles. The Morgan fingerprint density at radius 3 is 2.71 bits per heavy atom. The number of rotatable bonds is 3. The fraction of sp³-hybridized carbons (Fsp3) is 0.929. The predicted octanol–water partition coefficient (Wildman–Crippen LogP) is 2.56. The van der Waals surface area contributed by atoms with Gasteiger partial charge in [0.1, 0.15) is 0 Å². The Kier molecular flexibility index (Phi) is 3.40. The molecule has 2 nitrogen and oxygen atoms in total. The van der Waals surface area contributed by atoms with Gasteiger partial charge < -0.3 is 5.73 Å². The summed E-state index contributed by atoms with van der Waals surface area (Å²) in [6.07, 6.45) is 9.80. The van der Waals surface area contributed by atoms with Crippen LogP contribution in [0, 0.1) is 17.8 Å². The zero-order valence-electron chi connectivity index (χ0n) is 10.6. The van der Waals surface area contributed by atoms with Crippen LogP contribution in [0.2, 0.25) is 0 Å². The molecule has 0 amide bonds. The lowest BCUT2D eigenvalue weighted by atomic mass is 9.87. The van der Waals surface area contributed by atoms with Crippen molar-refractivity contribution < 1.29 is 0 Å². The minimum Gasteiger partial charge on any atom is -0.392 e. The number of piperidine rings is 1. The largest absolute Gasteiger partial charge is 0.392 e. The molecule has 1 aliphatic heterocycles. The fourth-order valence-electron chi connectivity index (χ4n) is 4.43. The maximum atomic E-state index is 5.90. The van der Waals surface area contributed by atoms with Crippen LogP contribution in [0.4, 0.5) is 0 Å². The van der Waals surface area contributed by atoms with Crippen molar-refractivity contribution in [2.24, 2.45) is 23.5 Å². The molecule has 2 saturated carbocycles. The summed E-state index contributed by atoms with van der Waals surface area (Å²) >= 11 is 5.24. The lowest BCUT2D eigenvalue weighted by molar-refractivity contribution is 0.140. The molecule has 0 radical (unpaired) electrons. The lowest BCUT2D eigenvalue weighted by Gasteiger charge is -2.38. The second-order valence-corrected chi connectivity index (χ2v) is 6.82. The first-order chi connectivity index (χ1) is 8.24. The molecule has 1 heterocycles. The summed E-state index contributed by atoms with van der Waals surface area (Å²) in [5.74, 6) is 3.02. The average Bonchev–Trinajstić information content (AvgIpc) is 2.91. The Morgan fingerprint density at radius 2 is 2.06 bits per heavy atom. The van der Waals surface area contributed by atoms with Crippen molar-refractivity contribution in [3.63, 3.8) is 0 Å². The van der Waals surface area contributed by atoms with Gasteiger partial charge in [-0.05, 0) is 56.4 Å². The smallest absolute Gasteiger partial charge is 0.0902 e. The first kappa shape index (κ1) is 11.9. The molecule has 1 saturated heterocycles. The first-order valence-corrected chi connectivity index (χ1v) is 7.68. The van der Waals surface area contributed by atoms with Crippen LogP contribution in [0.1, 0.15) is 44.9 Å². The second-order valence-electron chi connectivity index (χ2n) is 6.34. The van der Waals surface area contributed by atoms with E-state index in [9.17, 15) is 0 Å². The van der Waals surface area contributed by atoms with E-state index in [4.69, 9.17) is 18.0 Å². The Bertz CT molecular complexity index is 305. The van der Waals surface area contributed by atoms with E-state index in [0.717, 1.165) is 22.7 Å². The van der Waals surface area contributed by atoms with Gasteiger partial charge in [0, 0.05) is 6.54 Å². The van der Waals surface area contributed by atoms with Crippen LogP contribution in [0.15, 0.2) is 0 Å². The van der Waals surface area contributed by atoms with Crippen molar-refractivity contribution in [1.29, 1.82) is 0 Å². The quantitative estimate of drug-likeness (QED) is 0.783. The van der Waals surface area contributed by atoms with Gasteiger partial charge in [-0.3, -0.25) is 4.90 Å². The minimum absolute atomic E-state index is 0.401. The minimum atomic E-state index is 0.401. The van der Waals surface area contributed by atoms with Crippen LogP contribution in [0.5, 0.6) is 0 Å². The number of nitrogens with two attached hydrogens (primary N) is 1. The molecular weight excluding hydrogens is 228 g/mol. The van der Waals surface area contributed by atoms with Gasteiger partial charge in [0.2, 0.25) is 0 Å². The molecule has 4 atom stereocenters. The molecule has 0 aromatic carbocycles. The summed E-state index contributed by atoms with van der Waals surface area (Å²) in [5, 5.41) is 0. The molecular formula is C14H24N2S. The van der Waals surface area contributed by atoms with Crippen LogP contribution >= 0.6 is 12.2 Å². The Balaban J connectivity index is 1.61. The maximum Gasteiger partial charge on any atom is 0.0902 e. The van der Waals surface area contributed by atoms with E-state index in [1.807, 2.05) is 0 Å². The zero-order chi connectivity index (χ0) is 11.8. The van der Waals surface area contributed by atoms with Crippen molar-refractivity contribution >= 4 is 17.2 Å². The fourth-order valence-corrected chi connectivity index (χ4v) is 4.70. The van der Waals surface area contributed by atoms with Gasteiger partial charge in [0.15, 0.2) is 0 Å². The van der Waals surface area contributed by atoms with Gasteiger partial charge >= 0.3 is 0 Å². The van der Waals surface area contributed by atoms with Gasteiger partial charge in [-0.15, -0.1) is 0 Å². The van der Waals surface area contributed by atoms with Gasteiger partial charge in [-0.2, -0.15) is 0 Å². The Morgan fingerprint density at radius 1 is 1.18 bits per heavy atom. The third-order valence-corrected chi connectivity index (χ3v) is 5.57. The van der Waals surface area contributed by atoms with Gasteiger partial charge in [0.05, 0.1) is 11.0 Å². The number of thiocarbonyl (C=S) groups is 1. The highest BCUT2D eigenvalue weighted by Crippen LogP contribution is 2.48. The molecule has 4 unspecified atom stereocenters. The zero-order valence-corrected chi connectivity index (χ0v) is 11.4. The molecule has 3 aliphatic rings. The van der Waals surface area contributed by atoms with Crippen molar-refractivity contribution in [3.8, 4) is 0 Å². The second kappa shape index (κ2) is 4.85. The van der Waals surface area contributed by atoms with E-state index in [1.54, 1.807) is 0 Å². The number of hydrogen-bond donors (Lipinski definition) is 1. The van der Waals surface area contributed by atoms with E-state index in [1.165, 1.54) is 58.0 Å². The summed E-state index contributed by atoms with van der Waals surface area (Å²) in [7, 11) is 0. The van der Waals surface area contributed by atoms with Crippen LogP contribution in [-0.4, -0.2) is 29.0 Å². The number of likely N-dealkylation sites (tertiary alicyclic amines) is 1. The standard InChI is InChI=1S/C14H24N2S/c15-14(17)13-3-1-2-6-16(13)9-12-8-10-4-5-11(12)7-10/h10-13H,1-9H2,(H2,15,17). The van der Waals surface area contributed by atoms with E-state index in [-0.39, 0.29) is 0 Å². The lowest BCUT2D eigenvalue weighted by Crippen LogP contribution is -2.49. The summed E-state index contributed by atoms with van der Waals surface area (Å²) in [4.78, 5) is 3.32. The summed E-state index contributed by atoms with van der Waals surface area (Å²) in [6.45, 7) is 2.49. The molecule has 96 valence electrons. The molecule has 3 rings (SSSR count). The molecule has 17 heavy (non-hydrogen) atoms. The van der Waals surface area contributed by atoms with E-state index < -0.39 is 0 Å². The first-order valence-electron chi connectivity index (χ1n) is 7.27. The van der Waals surface area contributed by atoms with Crippen molar-refractivity contribution in [2.75, 3.05) is 13.1 Å². The third kappa shape index (κ3) is 2.37. The maximum absolute atomic E-state index is 5.90. The van der Waals surface area contributed by atoms with E-state index in [2.05, 4.69) is 4.90 Å². The van der Waals surface area contributed by atoms with Crippen LogP contribution in [0.3, 0.4) is 0 Å². The van der Waals surface area contributed by atoms with Crippen LogP contribution in [0.25, 0.3) is 0 Å². The van der Waals surface area contributed by atoms with Crippen LogP contribution < -0.4 is 5.73 Å². The molecule has 2 aliphatic carbocycles. The summed E-state index contributed by atoms with van der Waals surface area (Å²) in [6, 6.07) is 0.401. The molecule has 2 N–H and O–H groups in total. The molecule has 3 fully saturated rings. The molecule has 0 aromatic rings. The number of fused-ring (bicyclic) bond motifs is 2. The van der Waals surface area contributed by atoms with Gasteiger partial charge in [0.25, 0.3) is 0 Å². The third-order valence-electron chi connectivity index (χ3n) is 5.30. The molecule has 0 spiro atoms. The molecule has 3 heteroatoms. The van der Waals surface area contributed by atoms with Crippen molar-refractivity contribution in [2.45, 2.75) is 51.0 Å². The normalized spacial score (nSPS) is 41.9. The van der Waals surface area contributed by atoms with Crippen molar-refractivity contribution in [3.05, 3.63) is 0 Å². The highest BCUT2D eigenvalue weighted by molar-refractivity contribution is 7.80. The van der Waals surface area contributed by atoms with Gasteiger partial charge in [-0.1, -0.05) is 25.1 Å². The summed E-state index contributed by atoms with van der Waals surface area (Å²) < 4.78 is 0. The van der Waals surface area contributed by atoms with E-state index in [0.29, 0.717) is 6.04 Å². The monoisotopic (exact) mass is 252 g/mol. The van der Waals surface area contributed by atoms with Crippen LogP contribution in [-0.2, 0) is 0 Å². The number of nitrogens with zero attached hydrogens (tertiary/aromatic N) is 1. The Labute approximate surface area is 110 Å². The summed E-state index contributed by atoms with van der Waals surface area (Å²) in [5.41, 5.74) is 5.90. The SMILES string of the molecule is NC(=S)C1CCCCN1CC1CC2CCC1C2. The average molecular weight is 252 g/mol. The Hall–Kier alpha value is -0.150.